The number of hydrogen-bond donors (Lipinski definition) is 0. The second-order valence-electron chi connectivity index (χ2n) is 3.35. The van der Waals surface area contributed by atoms with Crippen LogP contribution in [-0.2, 0) is 11.2 Å². The molecule has 1 nitrogen and oxygen atoms in total. The van der Waals surface area contributed by atoms with E-state index in [0.717, 1.165) is 0 Å². The van der Waals surface area contributed by atoms with Crippen LogP contribution < -0.4 is 0 Å². The molecule has 0 heterocycles. The van der Waals surface area contributed by atoms with Crippen molar-refractivity contribution in [1.29, 1.82) is 0 Å². The van der Waals surface area contributed by atoms with Gasteiger partial charge in [0.1, 0.15) is 5.78 Å². The van der Waals surface area contributed by atoms with Crippen LogP contribution >= 0.6 is 39.5 Å². The SMILES string of the molecule is CSc1cccc(CC(=O)CBr)c1SC(F)(F)F. The summed E-state index contributed by atoms with van der Waals surface area (Å²) in [6, 6.07) is 4.86. The van der Waals surface area contributed by atoms with Crippen molar-refractivity contribution in [2.45, 2.75) is 21.7 Å². The van der Waals surface area contributed by atoms with Crippen molar-refractivity contribution in [3.8, 4) is 0 Å². The fourth-order valence-electron chi connectivity index (χ4n) is 1.35. The Hall–Kier alpha value is -0.140. The number of hydrogen-bond acceptors (Lipinski definition) is 3. The first-order chi connectivity index (χ1) is 8.37. The number of thioether (sulfide) groups is 2. The average Bonchev–Trinajstić information content (AvgIpc) is 2.29. The van der Waals surface area contributed by atoms with Gasteiger partial charge in [0.15, 0.2) is 0 Å². The molecule has 0 N–H and O–H groups in total. The summed E-state index contributed by atoms with van der Waals surface area (Å²) in [4.78, 5) is 12.0. The highest BCUT2D eigenvalue weighted by Gasteiger charge is 2.31. The molecule has 0 aliphatic carbocycles. The predicted molar refractivity (Wildman–Crippen MR) is 72.6 cm³/mol. The van der Waals surface area contributed by atoms with Gasteiger partial charge in [-0.05, 0) is 29.6 Å². The normalized spacial score (nSPS) is 11.6. The van der Waals surface area contributed by atoms with Crippen molar-refractivity contribution >= 4 is 45.2 Å². The van der Waals surface area contributed by atoms with Gasteiger partial charge in [-0.25, -0.2) is 0 Å². The summed E-state index contributed by atoms with van der Waals surface area (Å²) in [5.74, 6) is -0.141. The minimum absolute atomic E-state index is 0.0120. The van der Waals surface area contributed by atoms with Crippen LogP contribution in [0.5, 0.6) is 0 Å². The van der Waals surface area contributed by atoms with Gasteiger partial charge in [-0.2, -0.15) is 13.2 Å². The summed E-state index contributed by atoms with van der Waals surface area (Å²) in [5, 5.41) is 0.145. The predicted octanol–water partition coefficient (Wildman–Crippen LogP) is 4.53. The van der Waals surface area contributed by atoms with Crippen molar-refractivity contribution < 1.29 is 18.0 Å². The molecule has 0 aliphatic rings. The molecule has 0 radical (unpaired) electrons. The summed E-state index contributed by atoms with van der Waals surface area (Å²) in [7, 11) is 0. The van der Waals surface area contributed by atoms with E-state index in [4.69, 9.17) is 0 Å². The van der Waals surface area contributed by atoms with Crippen LogP contribution in [-0.4, -0.2) is 22.9 Å². The van der Waals surface area contributed by atoms with E-state index in [1.165, 1.54) is 11.8 Å². The minimum atomic E-state index is -4.35. The first-order valence-electron chi connectivity index (χ1n) is 4.86. The van der Waals surface area contributed by atoms with E-state index in [0.29, 0.717) is 10.5 Å². The van der Waals surface area contributed by atoms with E-state index in [1.54, 1.807) is 24.5 Å². The Morgan fingerprint density at radius 2 is 2.06 bits per heavy atom. The van der Waals surface area contributed by atoms with Crippen molar-refractivity contribution in [1.82, 2.24) is 0 Å². The molecule has 1 rings (SSSR count). The van der Waals surface area contributed by atoms with E-state index in [9.17, 15) is 18.0 Å². The van der Waals surface area contributed by atoms with Gasteiger partial charge >= 0.3 is 5.51 Å². The van der Waals surface area contributed by atoms with Crippen molar-refractivity contribution in [2.24, 2.45) is 0 Å². The smallest absolute Gasteiger partial charge is 0.298 e. The Labute approximate surface area is 120 Å². The van der Waals surface area contributed by atoms with Gasteiger partial charge in [-0.1, -0.05) is 28.1 Å². The van der Waals surface area contributed by atoms with Crippen LogP contribution in [0.2, 0.25) is 0 Å². The van der Waals surface area contributed by atoms with Gasteiger partial charge in [0.05, 0.1) is 5.33 Å². The van der Waals surface area contributed by atoms with Gasteiger partial charge in [-0.15, -0.1) is 11.8 Å². The Bertz CT molecular complexity index is 435. The maximum absolute atomic E-state index is 12.5. The molecule has 0 aliphatic heterocycles. The molecule has 18 heavy (non-hydrogen) atoms. The zero-order chi connectivity index (χ0) is 13.8. The Morgan fingerprint density at radius 3 is 2.56 bits per heavy atom. The van der Waals surface area contributed by atoms with Crippen molar-refractivity contribution in [3.63, 3.8) is 0 Å². The van der Waals surface area contributed by atoms with Crippen LogP contribution in [0.15, 0.2) is 28.0 Å². The second kappa shape index (κ2) is 6.86. The van der Waals surface area contributed by atoms with Crippen molar-refractivity contribution in [2.75, 3.05) is 11.6 Å². The Kier molecular flexibility index (Phi) is 6.07. The number of ketones is 1. The second-order valence-corrected chi connectivity index (χ2v) is 5.83. The third-order valence-electron chi connectivity index (χ3n) is 2.03. The quantitative estimate of drug-likeness (QED) is 0.568. The fraction of sp³-hybridized carbons (Fsp3) is 0.364. The lowest BCUT2D eigenvalue weighted by Crippen LogP contribution is -2.07. The molecule has 0 amide bonds. The number of carbonyl (C=O) groups is 1. The number of carbonyl (C=O) groups excluding carboxylic acids is 1. The first-order valence-corrected chi connectivity index (χ1v) is 8.03. The van der Waals surface area contributed by atoms with Gasteiger partial charge in [0.2, 0.25) is 0 Å². The zero-order valence-electron chi connectivity index (χ0n) is 9.38. The van der Waals surface area contributed by atoms with E-state index < -0.39 is 5.51 Å². The fourth-order valence-corrected chi connectivity index (χ4v) is 3.13. The van der Waals surface area contributed by atoms with Crippen LogP contribution in [0.3, 0.4) is 0 Å². The summed E-state index contributed by atoms with van der Waals surface area (Å²) in [5.41, 5.74) is -3.92. The number of benzene rings is 1. The molecule has 0 spiro atoms. The van der Waals surface area contributed by atoms with Gasteiger partial charge < -0.3 is 0 Å². The van der Waals surface area contributed by atoms with E-state index in [1.807, 2.05) is 0 Å². The molecular weight excluding hydrogens is 349 g/mol. The lowest BCUT2D eigenvalue weighted by molar-refractivity contribution is -0.115. The van der Waals surface area contributed by atoms with Crippen LogP contribution in [0.25, 0.3) is 0 Å². The summed E-state index contributed by atoms with van der Waals surface area (Å²) >= 11 is 4.09. The molecule has 1 aromatic carbocycles. The lowest BCUT2D eigenvalue weighted by atomic mass is 10.1. The lowest BCUT2D eigenvalue weighted by Gasteiger charge is -2.14. The highest BCUT2D eigenvalue weighted by molar-refractivity contribution is 9.09. The number of alkyl halides is 4. The Morgan fingerprint density at radius 1 is 1.39 bits per heavy atom. The van der Waals surface area contributed by atoms with Gasteiger partial charge in [-0.3, -0.25) is 4.79 Å². The number of rotatable bonds is 5. The topological polar surface area (TPSA) is 17.1 Å². The third-order valence-corrected chi connectivity index (χ3v) is 4.49. The van der Waals surface area contributed by atoms with E-state index >= 15 is 0 Å². The molecule has 1 aromatic rings. The minimum Gasteiger partial charge on any atom is -0.298 e. The van der Waals surface area contributed by atoms with Gasteiger partial charge in [0.25, 0.3) is 0 Å². The Balaban J connectivity index is 3.12. The molecule has 7 heteroatoms. The maximum Gasteiger partial charge on any atom is 0.446 e. The summed E-state index contributed by atoms with van der Waals surface area (Å²) in [6.45, 7) is 0. The molecule has 0 unspecified atom stereocenters. The summed E-state index contributed by atoms with van der Waals surface area (Å²) < 4.78 is 37.5. The highest BCUT2D eigenvalue weighted by atomic mass is 79.9. The molecule has 0 saturated heterocycles. The van der Waals surface area contributed by atoms with Crippen molar-refractivity contribution in [3.05, 3.63) is 23.8 Å². The molecular formula is C11H10BrF3OS2. The largest absolute Gasteiger partial charge is 0.446 e. The molecule has 0 fully saturated rings. The van der Waals surface area contributed by atoms with E-state index in [2.05, 4.69) is 15.9 Å². The standard InChI is InChI=1S/C11H10BrF3OS2/c1-17-9-4-2-3-7(5-8(16)6-12)10(9)18-11(13,14)15/h2-4H,5-6H2,1H3. The number of halogens is 4. The van der Waals surface area contributed by atoms with Crippen LogP contribution in [0, 0.1) is 0 Å². The third kappa shape index (κ3) is 4.85. The van der Waals surface area contributed by atoms with Crippen LogP contribution in [0.4, 0.5) is 13.2 Å². The average molecular weight is 359 g/mol. The molecule has 0 bridgehead atoms. The van der Waals surface area contributed by atoms with Gasteiger partial charge in [0, 0.05) is 16.2 Å². The van der Waals surface area contributed by atoms with Crippen LogP contribution in [0.1, 0.15) is 5.56 Å². The zero-order valence-corrected chi connectivity index (χ0v) is 12.6. The molecule has 0 aromatic heterocycles. The van der Waals surface area contributed by atoms with E-state index in [-0.39, 0.29) is 34.2 Å². The molecule has 0 atom stereocenters. The monoisotopic (exact) mass is 358 g/mol. The molecule has 100 valence electrons. The first kappa shape index (κ1) is 15.9. The summed E-state index contributed by atoms with van der Waals surface area (Å²) in [6.07, 6.45) is 1.73. The highest BCUT2D eigenvalue weighted by Crippen LogP contribution is 2.43. The number of Topliss-reactive ketones (excluding diaryl/α,β-unsaturated/α-hetero) is 1. The molecule has 0 saturated carbocycles. The maximum atomic E-state index is 12.5.